The van der Waals surface area contributed by atoms with Crippen LogP contribution in [0.15, 0.2) is 54.6 Å². The largest absolute Gasteiger partial charge is 0.445 e. The molecule has 0 bridgehead atoms. The third-order valence-electron chi connectivity index (χ3n) is 16.7. The molecule has 1 saturated heterocycles. The first-order valence-corrected chi connectivity index (χ1v) is 30.9. The predicted octanol–water partition coefficient (Wildman–Crippen LogP) is 6.17. The summed E-state index contributed by atoms with van der Waals surface area (Å²) in [4.78, 5) is 127. The summed E-state index contributed by atoms with van der Waals surface area (Å²) in [6, 6.07) is 9.04. The predicted molar refractivity (Wildman–Crippen MR) is 333 cm³/mol. The van der Waals surface area contributed by atoms with Crippen molar-refractivity contribution in [2.45, 2.75) is 208 Å². The van der Waals surface area contributed by atoms with Crippen molar-refractivity contribution >= 4 is 59.2 Å². The molecule has 2 aromatic rings. The molecule has 0 aliphatic carbocycles. The van der Waals surface area contributed by atoms with Crippen molar-refractivity contribution in [3.05, 3.63) is 65.7 Å². The van der Waals surface area contributed by atoms with E-state index >= 15 is 0 Å². The molecule has 87 heavy (non-hydrogen) atoms. The quantitative estimate of drug-likeness (QED) is 0.0359. The maximum Gasteiger partial charge on any atom is 0.410 e. The van der Waals surface area contributed by atoms with Crippen LogP contribution in [-0.4, -0.2) is 169 Å². The number of likely N-dealkylation sites (tertiary alicyclic amines) is 1. The number of nitrogens with two attached hydrogens (primary N) is 1. The van der Waals surface area contributed by atoms with Crippen LogP contribution in [0, 0.1) is 29.6 Å². The molecule has 23 nitrogen and oxygen atoms in total. The molecule has 12 atom stereocenters. The highest BCUT2D eigenvalue weighted by atomic mass is 16.6. The average Bonchev–Trinajstić information content (AvgIpc) is 4.11. The minimum atomic E-state index is -1.23. The van der Waals surface area contributed by atoms with Crippen LogP contribution in [0.1, 0.15) is 158 Å². The van der Waals surface area contributed by atoms with Gasteiger partial charge in [0.25, 0.3) is 0 Å². The number of nitrogens with one attached hydrogen (secondary N) is 6. The van der Waals surface area contributed by atoms with E-state index in [1.54, 1.807) is 94.8 Å². The Bertz CT molecular complexity index is 2550. The van der Waals surface area contributed by atoms with Crippen LogP contribution in [0.25, 0.3) is 0 Å². The molecule has 1 fully saturated rings. The number of aliphatic hydroxyl groups is 1. The van der Waals surface area contributed by atoms with Crippen LogP contribution in [-0.2, 0) is 54.4 Å². The molecule has 5 unspecified atom stereocenters. The number of amides is 10. The third kappa shape index (κ3) is 21.8. The van der Waals surface area contributed by atoms with Crippen LogP contribution < -0.4 is 37.6 Å². The van der Waals surface area contributed by atoms with Gasteiger partial charge in [0.05, 0.1) is 48.3 Å². The summed E-state index contributed by atoms with van der Waals surface area (Å²) >= 11 is 0. The van der Waals surface area contributed by atoms with Crippen molar-refractivity contribution in [2.75, 3.05) is 46.7 Å². The van der Waals surface area contributed by atoms with E-state index in [-0.39, 0.29) is 62.0 Å². The lowest BCUT2D eigenvalue weighted by atomic mass is 9.80. The van der Waals surface area contributed by atoms with E-state index < -0.39 is 114 Å². The summed E-state index contributed by atoms with van der Waals surface area (Å²) < 4.78 is 18.0. The number of rotatable bonds is 35. The van der Waals surface area contributed by atoms with Crippen molar-refractivity contribution in [2.24, 2.45) is 35.3 Å². The smallest absolute Gasteiger partial charge is 0.410 e. The number of anilines is 1. The normalized spacial score (nSPS) is 17.4. The van der Waals surface area contributed by atoms with Crippen LogP contribution in [0.5, 0.6) is 0 Å². The number of carbonyl (C=O) groups excluding carboxylic acids is 9. The zero-order valence-electron chi connectivity index (χ0n) is 54.5. The number of carbonyl (C=O) groups is 9. The number of unbranched alkanes of at least 4 members (excludes halogenated alkanes) is 1. The van der Waals surface area contributed by atoms with E-state index in [2.05, 4.69) is 31.9 Å². The van der Waals surface area contributed by atoms with Gasteiger partial charge < -0.3 is 66.8 Å². The molecule has 1 aliphatic heterocycles. The molecule has 0 saturated carbocycles. The highest BCUT2D eigenvalue weighted by Gasteiger charge is 2.48. The van der Waals surface area contributed by atoms with Gasteiger partial charge in [-0.15, -0.1) is 0 Å². The zero-order valence-corrected chi connectivity index (χ0v) is 54.5. The summed E-state index contributed by atoms with van der Waals surface area (Å²) in [6.07, 6.45) is 1.53. The van der Waals surface area contributed by atoms with E-state index in [1.165, 1.54) is 26.2 Å². The fourth-order valence-corrected chi connectivity index (χ4v) is 11.5. The first kappa shape index (κ1) is 74.4. The van der Waals surface area contributed by atoms with Gasteiger partial charge in [-0.1, -0.05) is 125 Å². The molecule has 10 amide bonds. The first-order valence-electron chi connectivity index (χ1n) is 30.9. The summed E-state index contributed by atoms with van der Waals surface area (Å²) in [5.41, 5.74) is 5.58. The van der Waals surface area contributed by atoms with Crippen molar-refractivity contribution in [1.29, 1.82) is 0 Å². The molecule has 0 spiro atoms. The average molecular weight is 1220 g/mol. The van der Waals surface area contributed by atoms with Gasteiger partial charge in [-0.25, -0.2) is 9.59 Å². The Kier molecular flexibility index (Phi) is 30.6. The van der Waals surface area contributed by atoms with Crippen molar-refractivity contribution < 1.29 is 62.5 Å². The fraction of sp³-hybridized carbons (Fsp3) is 0.672. The number of likely N-dealkylation sites (N-methyl/N-ethyl adjacent to an activating group) is 2. The number of urea groups is 1. The van der Waals surface area contributed by atoms with Gasteiger partial charge in [0.2, 0.25) is 41.4 Å². The Morgan fingerprint density at radius 3 is 1.94 bits per heavy atom. The molecular formula is C64H104N10O13. The maximum atomic E-state index is 14.9. The summed E-state index contributed by atoms with van der Waals surface area (Å²) in [7, 11) is 6.13. The SMILES string of the molecule is CCCCC(=O)N[C@@H](C(=O)NC(CCCNC(N)=O)C(=O)Nc1ccc(COC(=O)N(C)[C@@H](C(=O)NC(C(=O)N(C)C([C@@H](C)CC)C(C)(CC(=O)N2CCC[C@H]2C(OC)[C@@H](C)C(=O)N[C@H](C)[C@@H](O)c2ccccc2)OC)C(C)C)C(C)C)cc1)C(C)C. The van der Waals surface area contributed by atoms with E-state index in [0.29, 0.717) is 55.5 Å². The van der Waals surface area contributed by atoms with E-state index in [0.717, 1.165) is 6.42 Å². The van der Waals surface area contributed by atoms with E-state index in [9.17, 15) is 48.3 Å². The van der Waals surface area contributed by atoms with Gasteiger partial charge in [-0.05, 0) is 92.9 Å². The standard InChI is InChI=1S/C64H104N10O13/c1-17-19-29-49(75)70-51(38(3)4)59(80)69-47(27-23-34-66-62(65)83)58(79)68-46-32-30-44(31-33-46)37-87-63(84)72(13)53(40(7)8)60(81)71-52(39(5)6)61(82)73(14)56(41(9)18-2)64(12,86-16)36-50(76)74-35-24-28-48(74)55(85-15)42(10)57(78)67-43(11)54(77)45-25-21-20-22-26-45/h20-22,25-26,30-33,38-43,47-48,51-56,77H,17-19,23-24,27-29,34-37H2,1-16H3,(H,67,78)(H,68,79)(H,69,80)(H,70,75)(H,71,81)(H3,65,66,83)/t41-,42+,43+,47?,48-,51+,52?,53+,54+,55?,56?,64?/m0/s1. The second kappa shape index (κ2) is 35.8. The number of ether oxygens (including phenoxy) is 3. The Hall–Kier alpha value is -6.85. The van der Waals surface area contributed by atoms with Crippen molar-refractivity contribution in [3.63, 3.8) is 0 Å². The maximum absolute atomic E-state index is 14.9. The minimum absolute atomic E-state index is 0.116. The molecule has 9 N–H and O–H groups in total. The lowest BCUT2D eigenvalue weighted by Crippen LogP contribution is -2.63. The molecule has 23 heteroatoms. The number of nitrogens with zero attached hydrogens (tertiary/aromatic N) is 3. The Labute approximate surface area is 516 Å². The number of hydrogen-bond acceptors (Lipinski definition) is 13. The van der Waals surface area contributed by atoms with E-state index in [4.69, 9.17) is 19.9 Å². The molecule has 1 aliphatic rings. The van der Waals surface area contributed by atoms with Gasteiger partial charge in [-0.3, -0.25) is 38.5 Å². The highest BCUT2D eigenvalue weighted by Crippen LogP contribution is 2.35. The van der Waals surface area contributed by atoms with Gasteiger partial charge >= 0.3 is 12.1 Å². The van der Waals surface area contributed by atoms with Gasteiger partial charge in [0.15, 0.2) is 0 Å². The number of benzene rings is 2. The molecule has 2 aromatic carbocycles. The molecule has 1 heterocycles. The minimum Gasteiger partial charge on any atom is -0.445 e. The lowest BCUT2D eigenvalue weighted by Gasteiger charge is -2.46. The Morgan fingerprint density at radius 2 is 1.39 bits per heavy atom. The van der Waals surface area contributed by atoms with Crippen LogP contribution >= 0.6 is 0 Å². The number of aliphatic hydroxyl groups excluding tert-OH is 1. The summed E-state index contributed by atoms with van der Waals surface area (Å²) in [5, 5.41) is 27.7. The molecule has 0 radical (unpaired) electrons. The van der Waals surface area contributed by atoms with Crippen LogP contribution in [0.3, 0.4) is 0 Å². The first-order chi connectivity index (χ1) is 41.0. The number of primary amides is 1. The van der Waals surface area contributed by atoms with Crippen molar-refractivity contribution in [1.82, 2.24) is 41.3 Å². The van der Waals surface area contributed by atoms with Gasteiger partial charge in [0, 0.05) is 53.5 Å². The molecular weight excluding hydrogens is 1120 g/mol. The van der Waals surface area contributed by atoms with Gasteiger partial charge in [0.1, 0.15) is 30.8 Å². The molecule has 0 aromatic heterocycles. The third-order valence-corrected chi connectivity index (χ3v) is 16.7. The van der Waals surface area contributed by atoms with Gasteiger partial charge in [-0.2, -0.15) is 0 Å². The zero-order chi connectivity index (χ0) is 65.5. The molecule has 488 valence electrons. The highest BCUT2D eigenvalue weighted by molar-refractivity contribution is 5.98. The number of methoxy groups -OCH3 is 2. The van der Waals surface area contributed by atoms with Crippen LogP contribution in [0.2, 0.25) is 0 Å². The topological polar surface area (TPSA) is 309 Å². The van der Waals surface area contributed by atoms with Crippen LogP contribution in [0.4, 0.5) is 15.3 Å². The van der Waals surface area contributed by atoms with Crippen molar-refractivity contribution in [3.8, 4) is 0 Å². The lowest BCUT2D eigenvalue weighted by molar-refractivity contribution is -0.157. The Morgan fingerprint density at radius 1 is 0.759 bits per heavy atom. The Balaban J connectivity index is 1.74. The number of hydrogen-bond donors (Lipinski definition) is 8. The fourth-order valence-electron chi connectivity index (χ4n) is 11.5. The second-order valence-electron chi connectivity index (χ2n) is 24.6. The summed E-state index contributed by atoms with van der Waals surface area (Å²) in [6.45, 7) is 22.4. The van der Waals surface area contributed by atoms with E-state index in [1.807, 2.05) is 59.7 Å². The molecule has 3 rings (SSSR count). The monoisotopic (exact) mass is 1220 g/mol. The second-order valence-corrected chi connectivity index (χ2v) is 24.6. The summed E-state index contributed by atoms with van der Waals surface area (Å²) in [5.74, 6) is -4.92.